The molecule has 1 aromatic rings. The number of hydrogen-bond acceptors (Lipinski definition) is 1. The molecule has 0 spiro atoms. The van der Waals surface area contributed by atoms with Crippen LogP contribution in [0, 0.1) is 5.82 Å². The van der Waals surface area contributed by atoms with Gasteiger partial charge in [0.1, 0.15) is 5.82 Å². The molecule has 1 N–H and O–H groups in total. The van der Waals surface area contributed by atoms with Gasteiger partial charge in [0.25, 0.3) is 0 Å². The third-order valence-corrected chi connectivity index (χ3v) is 2.97. The van der Waals surface area contributed by atoms with Crippen LogP contribution in [-0.4, -0.2) is 12.5 Å². The molecule has 1 fully saturated rings. The summed E-state index contributed by atoms with van der Waals surface area (Å²) >= 11 is 0. The monoisotopic (exact) mass is 207 g/mol. The predicted molar refractivity (Wildman–Crippen MR) is 56.0 cm³/mol. The highest BCUT2D eigenvalue weighted by Crippen LogP contribution is 2.47. The van der Waals surface area contributed by atoms with Crippen molar-refractivity contribution in [3.63, 3.8) is 0 Å². The maximum Gasteiger partial charge on any atom is 0.216 e. The first-order valence-corrected chi connectivity index (χ1v) is 5.13. The van der Waals surface area contributed by atoms with E-state index in [2.05, 4.69) is 5.32 Å². The van der Waals surface area contributed by atoms with Gasteiger partial charge in [-0.3, -0.25) is 4.79 Å². The van der Waals surface area contributed by atoms with Crippen LogP contribution >= 0.6 is 0 Å². The van der Waals surface area contributed by atoms with Crippen molar-refractivity contribution in [2.45, 2.75) is 25.2 Å². The summed E-state index contributed by atoms with van der Waals surface area (Å²) in [6.45, 7) is 2.12. The molecule has 1 aliphatic carbocycles. The molecule has 15 heavy (non-hydrogen) atoms. The predicted octanol–water partition coefficient (Wildman–Crippen LogP) is 1.99. The van der Waals surface area contributed by atoms with Crippen molar-refractivity contribution in [1.82, 2.24) is 5.32 Å². The van der Waals surface area contributed by atoms with Gasteiger partial charge in [-0.25, -0.2) is 4.39 Å². The average molecular weight is 207 g/mol. The first-order valence-electron chi connectivity index (χ1n) is 5.13. The van der Waals surface area contributed by atoms with Crippen LogP contribution in [0.1, 0.15) is 25.3 Å². The number of carbonyl (C=O) groups is 1. The summed E-state index contributed by atoms with van der Waals surface area (Å²) in [7, 11) is 0. The van der Waals surface area contributed by atoms with E-state index in [9.17, 15) is 9.18 Å². The van der Waals surface area contributed by atoms with Crippen LogP contribution in [0.25, 0.3) is 0 Å². The average Bonchev–Trinajstić information content (AvgIpc) is 2.96. The summed E-state index contributed by atoms with van der Waals surface area (Å²) in [5, 5.41) is 2.80. The molecule has 2 rings (SSSR count). The van der Waals surface area contributed by atoms with Crippen LogP contribution in [0.3, 0.4) is 0 Å². The molecule has 3 heteroatoms. The maximum atomic E-state index is 13.0. The smallest absolute Gasteiger partial charge is 0.216 e. The van der Waals surface area contributed by atoms with Crippen molar-refractivity contribution in [2.75, 3.05) is 6.54 Å². The molecule has 0 bridgehead atoms. The standard InChI is InChI=1S/C12H14FNO/c1-9(15)14-8-12(5-6-12)10-3-2-4-11(13)7-10/h2-4,7H,5-6,8H2,1H3,(H,14,15). The minimum Gasteiger partial charge on any atom is -0.355 e. The Labute approximate surface area is 88.5 Å². The Kier molecular flexibility index (Phi) is 2.47. The summed E-state index contributed by atoms with van der Waals surface area (Å²) in [5.74, 6) is -0.237. The molecule has 1 saturated carbocycles. The quantitative estimate of drug-likeness (QED) is 0.807. The Morgan fingerprint density at radius 3 is 2.80 bits per heavy atom. The fourth-order valence-corrected chi connectivity index (χ4v) is 1.83. The van der Waals surface area contributed by atoms with E-state index in [4.69, 9.17) is 0 Å². The molecular weight excluding hydrogens is 193 g/mol. The van der Waals surface area contributed by atoms with Gasteiger partial charge in [-0.1, -0.05) is 12.1 Å². The third-order valence-electron chi connectivity index (χ3n) is 2.97. The zero-order valence-corrected chi connectivity index (χ0v) is 8.72. The van der Waals surface area contributed by atoms with Crippen LogP contribution in [0.15, 0.2) is 24.3 Å². The van der Waals surface area contributed by atoms with Crippen molar-refractivity contribution >= 4 is 5.91 Å². The molecule has 1 amide bonds. The number of hydrogen-bond donors (Lipinski definition) is 1. The summed E-state index contributed by atoms with van der Waals surface area (Å²) in [6, 6.07) is 6.66. The van der Waals surface area contributed by atoms with E-state index in [1.807, 2.05) is 6.07 Å². The number of carbonyl (C=O) groups excluding carboxylic acids is 1. The van der Waals surface area contributed by atoms with Gasteiger partial charge in [-0.05, 0) is 30.5 Å². The molecule has 0 radical (unpaired) electrons. The van der Waals surface area contributed by atoms with Gasteiger partial charge in [0.2, 0.25) is 5.91 Å². The molecule has 0 atom stereocenters. The van der Waals surface area contributed by atoms with E-state index < -0.39 is 0 Å². The van der Waals surface area contributed by atoms with E-state index in [0.717, 1.165) is 18.4 Å². The van der Waals surface area contributed by atoms with Gasteiger partial charge in [0.05, 0.1) is 0 Å². The van der Waals surface area contributed by atoms with Crippen molar-refractivity contribution < 1.29 is 9.18 Å². The molecule has 0 saturated heterocycles. The zero-order valence-electron chi connectivity index (χ0n) is 8.72. The van der Waals surface area contributed by atoms with Crippen LogP contribution in [0.4, 0.5) is 4.39 Å². The van der Waals surface area contributed by atoms with Crippen molar-refractivity contribution in [3.05, 3.63) is 35.6 Å². The minimum absolute atomic E-state index is 0.00618. The second-order valence-electron chi connectivity index (χ2n) is 4.20. The summed E-state index contributed by atoms with van der Waals surface area (Å²) < 4.78 is 13.0. The lowest BCUT2D eigenvalue weighted by molar-refractivity contribution is -0.119. The Bertz CT molecular complexity index is 385. The molecule has 0 heterocycles. The number of nitrogens with one attached hydrogen (secondary N) is 1. The van der Waals surface area contributed by atoms with Crippen molar-refractivity contribution in [1.29, 1.82) is 0 Å². The van der Waals surface area contributed by atoms with Gasteiger partial charge in [-0.15, -0.1) is 0 Å². The summed E-state index contributed by atoms with van der Waals surface area (Å²) in [5.41, 5.74) is 0.990. The molecular formula is C12H14FNO. The fourth-order valence-electron chi connectivity index (χ4n) is 1.83. The van der Waals surface area contributed by atoms with E-state index >= 15 is 0 Å². The Hall–Kier alpha value is -1.38. The molecule has 1 aromatic carbocycles. The third kappa shape index (κ3) is 2.17. The van der Waals surface area contributed by atoms with Crippen molar-refractivity contribution in [3.8, 4) is 0 Å². The maximum absolute atomic E-state index is 13.0. The molecule has 1 aliphatic rings. The molecule has 0 aromatic heterocycles. The van der Waals surface area contributed by atoms with Gasteiger partial charge in [0, 0.05) is 18.9 Å². The fraction of sp³-hybridized carbons (Fsp3) is 0.417. The lowest BCUT2D eigenvalue weighted by Crippen LogP contribution is -2.30. The van der Waals surface area contributed by atoms with Crippen LogP contribution < -0.4 is 5.32 Å². The molecule has 2 nitrogen and oxygen atoms in total. The SMILES string of the molecule is CC(=O)NCC1(c2cccc(F)c2)CC1. The summed E-state index contributed by atoms with van der Waals surface area (Å²) in [6.07, 6.45) is 2.05. The Morgan fingerprint density at radius 2 is 2.27 bits per heavy atom. The number of halogens is 1. The Balaban J connectivity index is 2.12. The van der Waals surface area contributed by atoms with E-state index in [1.165, 1.54) is 13.0 Å². The first-order chi connectivity index (χ1) is 7.12. The van der Waals surface area contributed by atoms with Gasteiger partial charge in [0.15, 0.2) is 0 Å². The topological polar surface area (TPSA) is 29.1 Å². The van der Waals surface area contributed by atoms with E-state index in [-0.39, 0.29) is 17.1 Å². The van der Waals surface area contributed by atoms with Crippen LogP contribution in [0.5, 0.6) is 0 Å². The second kappa shape index (κ2) is 3.65. The normalized spacial score (nSPS) is 17.2. The number of rotatable bonds is 3. The largest absolute Gasteiger partial charge is 0.355 e. The van der Waals surface area contributed by atoms with E-state index in [1.54, 1.807) is 12.1 Å². The van der Waals surface area contributed by atoms with Gasteiger partial charge >= 0.3 is 0 Å². The highest BCUT2D eigenvalue weighted by molar-refractivity contribution is 5.73. The second-order valence-corrected chi connectivity index (χ2v) is 4.20. The van der Waals surface area contributed by atoms with Crippen LogP contribution in [0.2, 0.25) is 0 Å². The van der Waals surface area contributed by atoms with Gasteiger partial charge < -0.3 is 5.32 Å². The highest BCUT2D eigenvalue weighted by atomic mass is 19.1. The molecule has 0 aliphatic heterocycles. The molecule has 0 unspecified atom stereocenters. The summed E-state index contributed by atoms with van der Waals surface area (Å²) in [4.78, 5) is 10.8. The number of benzene rings is 1. The van der Waals surface area contributed by atoms with Crippen molar-refractivity contribution in [2.24, 2.45) is 0 Å². The molecule has 80 valence electrons. The highest BCUT2D eigenvalue weighted by Gasteiger charge is 2.44. The Morgan fingerprint density at radius 1 is 1.53 bits per heavy atom. The minimum atomic E-state index is -0.207. The van der Waals surface area contributed by atoms with Crippen LogP contribution in [-0.2, 0) is 10.2 Å². The van der Waals surface area contributed by atoms with E-state index in [0.29, 0.717) is 6.54 Å². The zero-order chi connectivity index (χ0) is 10.9. The first kappa shape index (κ1) is 10.1. The van der Waals surface area contributed by atoms with Gasteiger partial charge in [-0.2, -0.15) is 0 Å². The lowest BCUT2D eigenvalue weighted by Gasteiger charge is -2.15. The number of amides is 1. The lowest BCUT2D eigenvalue weighted by atomic mass is 9.96.